The number of aliphatic carboxylic acids is 2. The number of carboxylic acid groups (broad SMARTS) is 2. The average Bonchev–Trinajstić information content (AvgIpc) is 3.20. The van der Waals surface area contributed by atoms with Gasteiger partial charge < -0.3 is 25.5 Å². The second-order valence-corrected chi connectivity index (χ2v) is 6.20. The van der Waals surface area contributed by atoms with E-state index in [1.165, 1.54) is 12.8 Å². The first-order valence-electron chi connectivity index (χ1n) is 7.08. The van der Waals surface area contributed by atoms with Crippen molar-refractivity contribution in [1.29, 1.82) is 0 Å². The molecule has 0 aromatic rings. The minimum Gasteiger partial charge on any atom is -0.473 e. The molecule has 1 saturated carbocycles. The molecule has 0 amide bonds. The summed E-state index contributed by atoms with van der Waals surface area (Å²) in [4.78, 5) is 23.3. The Labute approximate surface area is 130 Å². The molecule has 0 unspecified atom stereocenters. The summed E-state index contributed by atoms with van der Waals surface area (Å²) in [5.41, 5.74) is 1.07. The Morgan fingerprint density at radius 1 is 1.27 bits per heavy atom. The fourth-order valence-corrected chi connectivity index (χ4v) is 1.28. The average molecular weight is 318 g/mol. The predicted octanol–water partition coefficient (Wildman–Crippen LogP) is 0.694. The lowest BCUT2D eigenvalue weighted by Gasteiger charge is -2.22. The molecule has 0 radical (unpaired) electrons. The van der Waals surface area contributed by atoms with Crippen LogP contribution in [0.25, 0.3) is 0 Å². The molecule has 8 nitrogen and oxygen atoms in total. The second-order valence-electron chi connectivity index (χ2n) is 6.20. The number of β-amino-alcohol motifs (C(OH)–C–C–N with tert-alkyl or cyclic N) is 1. The zero-order chi connectivity index (χ0) is 17.3. The molecule has 1 rings (SSSR count). The van der Waals surface area contributed by atoms with E-state index in [-0.39, 0.29) is 12.1 Å². The van der Waals surface area contributed by atoms with Crippen molar-refractivity contribution in [1.82, 2.24) is 5.32 Å². The molecule has 0 aliphatic heterocycles. The molecular formula is C14H26N2O6. The predicted molar refractivity (Wildman–Crippen MR) is 80.8 cm³/mol. The molecule has 0 heterocycles. The zero-order valence-electron chi connectivity index (χ0n) is 13.5. The Hall–Kier alpha value is -1.67. The molecule has 8 heteroatoms. The van der Waals surface area contributed by atoms with Gasteiger partial charge in [-0.1, -0.05) is 5.16 Å². The first-order chi connectivity index (χ1) is 10.0. The Bertz CT molecular complexity index is 387. The number of aliphatic hydroxyl groups is 1. The standard InChI is InChI=1S/C12H24N2O2.C2H2O4/c1-9(10-5-6-10)14-16-8-11(15)7-13-12(2,3)4;3-1(4)2(5)6/h10-11,13,15H,5-8H2,1-4H3;(H,3,4)(H,5,6)/b14-9-;/t11-;/m1./s1. The number of carbonyl (C=O) groups is 2. The minimum atomic E-state index is -1.82. The molecule has 0 spiro atoms. The smallest absolute Gasteiger partial charge is 0.414 e. The molecule has 0 aromatic carbocycles. The number of carboxylic acids is 2. The summed E-state index contributed by atoms with van der Waals surface area (Å²) in [5.74, 6) is -3.02. The van der Waals surface area contributed by atoms with Crippen LogP contribution in [0, 0.1) is 5.92 Å². The van der Waals surface area contributed by atoms with Gasteiger partial charge in [0.15, 0.2) is 0 Å². The van der Waals surface area contributed by atoms with E-state index in [0.29, 0.717) is 12.5 Å². The number of hydrogen-bond donors (Lipinski definition) is 4. The van der Waals surface area contributed by atoms with Crippen LogP contribution in [0.3, 0.4) is 0 Å². The van der Waals surface area contributed by atoms with Gasteiger partial charge in [0.05, 0.1) is 5.71 Å². The first kappa shape index (κ1) is 20.3. The van der Waals surface area contributed by atoms with Gasteiger partial charge in [0.2, 0.25) is 0 Å². The number of nitrogens with zero attached hydrogens (tertiary/aromatic N) is 1. The molecule has 1 atom stereocenters. The van der Waals surface area contributed by atoms with Crippen molar-refractivity contribution in [2.45, 2.75) is 52.2 Å². The van der Waals surface area contributed by atoms with Crippen molar-refractivity contribution in [2.75, 3.05) is 13.2 Å². The van der Waals surface area contributed by atoms with Crippen LogP contribution < -0.4 is 5.32 Å². The highest BCUT2D eigenvalue weighted by atomic mass is 16.6. The first-order valence-corrected chi connectivity index (χ1v) is 7.08. The molecule has 4 N–H and O–H groups in total. The van der Waals surface area contributed by atoms with E-state index in [1.807, 2.05) is 6.92 Å². The number of nitrogens with one attached hydrogen (secondary N) is 1. The van der Waals surface area contributed by atoms with Crippen LogP contribution in [0.1, 0.15) is 40.5 Å². The SMILES string of the molecule is C/C(=N/OC[C@H](O)CNC(C)(C)C)C1CC1.O=C(O)C(=O)O. The molecule has 0 saturated heterocycles. The van der Waals surface area contributed by atoms with E-state index in [2.05, 4.69) is 31.2 Å². The molecule has 0 aromatic heterocycles. The number of oxime groups is 1. The Morgan fingerprint density at radius 2 is 1.77 bits per heavy atom. The van der Waals surface area contributed by atoms with E-state index in [1.54, 1.807) is 0 Å². The van der Waals surface area contributed by atoms with E-state index < -0.39 is 18.0 Å². The maximum absolute atomic E-state index is 9.62. The fraction of sp³-hybridized carbons (Fsp3) is 0.786. The quantitative estimate of drug-likeness (QED) is 0.322. The third-order valence-electron chi connectivity index (χ3n) is 2.69. The highest BCUT2D eigenvalue weighted by molar-refractivity contribution is 6.27. The monoisotopic (exact) mass is 318 g/mol. The van der Waals surface area contributed by atoms with Crippen LogP contribution in [-0.4, -0.2) is 57.8 Å². The van der Waals surface area contributed by atoms with Gasteiger partial charge >= 0.3 is 11.9 Å². The summed E-state index contributed by atoms with van der Waals surface area (Å²) in [5, 5.41) is 31.6. The Kier molecular flexibility index (Phi) is 8.66. The molecule has 128 valence electrons. The van der Waals surface area contributed by atoms with E-state index in [4.69, 9.17) is 24.6 Å². The highest BCUT2D eigenvalue weighted by Crippen LogP contribution is 2.30. The molecule has 1 aliphatic rings. The lowest BCUT2D eigenvalue weighted by molar-refractivity contribution is -0.159. The van der Waals surface area contributed by atoms with Crippen LogP contribution in [-0.2, 0) is 14.4 Å². The lowest BCUT2D eigenvalue weighted by atomic mass is 10.1. The van der Waals surface area contributed by atoms with Crippen molar-refractivity contribution < 1.29 is 29.7 Å². The summed E-state index contributed by atoms with van der Waals surface area (Å²) in [7, 11) is 0. The fourth-order valence-electron chi connectivity index (χ4n) is 1.28. The van der Waals surface area contributed by atoms with Crippen LogP contribution >= 0.6 is 0 Å². The maximum Gasteiger partial charge on any atom is 0.414 e. The van der Waals surface area contributed by atoms with Crippen molar-refractivity contribution in [3.8, 4) is 0 Å². The normalized spacial score (nSPS) is 16.3. The van der Waals surface area contributed by atoms with Crippen molar-refractivity contribution in [3.05, 3.63) is 0 Å². The number of aliphatic hydroxyl groups excluding tert-OH is 1. The van der Waals surface area contributed by atoms with Crippen LogP contribution in [0.5, 0.6) is 0 Å². The van der Waals surface area contributed by atoms with Crippen molar-refractivity contribution in [2.24, 2.45) is 11.1 Å². The third-order valence-corrected chi connectivity index (χ3v) is 2.69. The summed E-state index contributed by atoms with van der Waals surface area (Å²) in [6.07, 6.45) is 1.95. The van der Waals surface area contributed by atoms with E-state index in [9.17, 15) is 5.11 Å². The van der Waals surface area contributed by atoms with Gasteiger partial charge in [0.25, 0.3) is 0 Å². The largest absolute Gasteiger partial charge is 0.473 e. The van der Waals surface area contributed by atoms with Crippen molar-refractivity contribution >= 4 is 17.7 Å². The maximum atomic E-state index is 9.62. The van der Waals surface area contributed by atoms with Gasteiger partial charge in [-0.15, -0.1) is 0 Å². The molecule has 1 aliphatic carbocycles. The summed E-state index contributed by atoms with van der Waals surface area (Å²) in [6.45, 7) is 8.97. The minimum absolute atomic E-state index is 0.0220. The second kappa shape index (κ2) is 9.37. The molecular weight excluding hydrogens is 292 g/mol. The topological polar surface area (TPSA) is 128 Å². The van der Waals surface area contributed by atoms with Gasteiger partial charge in [0, 0.05) is 18.0 Å². The van der Waals surface area contributed by atoms with Crippen LogP contribution in [0.15, 0.2) is 5.16 Å². The molecule has 0 bridgehead atoms. The van der Waals surface area contributed by atoms with E-state index >= 15 is 0 Å². The van der Waals surface area contributed by atoms with Gasteiger partial charge in [0.1, 0.15) is 12.7 Å². The summed E-state index contributed by atoms with van der Waals surface area (Å²) < 4.78 is 0. The van der Waals surface area contributed by atoms with Crippen LogP contribution in [0.2, 0.25) is 0 Å². The summed E-state index contributed by atoms with van der Waals surface area (Å²) in [6, 6.07) is 0. The van der Waals surface area contributed by atoms with Gasteiger partial charge in [-0.05, 0) is 40.5 Å². The Balaban J connectivity index is 0.000000626. The lowest BCUT2D eigenvalue weighted by Crippen LogP contribution is -2.42. The van der Waals surface area contributed by atoms with Gasteiger partial charge in [-0.2, -0.15) is 0 Å². The van der Waals surface area contributed by atoms with Gasteiger partial charge in [-0.3, -0.25) is 0 Å². The van der Waals surface area contributed by atoms with Crippen LogP contribution in [0.4, 0.5) is 0 Å². The Morgan fingerprint density at radius 3 is 2.14 bits per heavy atom. The van der Waals surface area contributed by atoms with Gasteiger partial charge in [-0.25, -0.2) is 9.59 Å². The third kappa shape index (κ3) is 12.1. The number of rotatable bonds is 6. The molecule has 22 heavy (non-hydrogen) atoms. The number of hydrogen-bond acceptors (Lipinski definition) is 6. The highest BCUT2D eigenvalue weighted by Gasteiger charge is 2.25. The zero-order valence-corrected chi connectivity index (χ0v) is 13.5. The van der Waals surface area contributed by atoms with E-state index in [0.717, 1.165) is 5.71 Å². The summed E-state index contributed by atoms with van der Waals surface area (Å²) >= 11 is 0. The molecule has 1 fully saturated rings. The van der Waals surface area contributed by atoms with Crippen molar-refractivity contribution in [3.63, 3.8) is 0 Å².